The van der Waals surface area contributed by atoms with Crippen LogP contribution in [0.1, 0.15) is 30.7 Å². The molecular formula is C16H21NO2S. The predicted octanol–water partition coefficient (Wildman–Crippen LogP) is 3.96. The van der Waals surface area contributed by atoms with Gasteiger partial charge in [0.05, 0.1) is 12.5 Å². The van der Waals surface area contributed by atoms with Gasteiger partial charge in [-0.05, 0) is 29.9 Å². The first-order chi connectivity index (χ1) is 9.65. The highest BCUT2D eigenvalue weighted by molar-refractivity contribution is 7.09. The van der Waals surface area contributed by atoms with E-state index < -0.39 is 0 Å². The SMILES string of the molecule is CC(C)CC(=O)N(CCc1cccs1)Cc1ccoc1. The fourth-order valence-corrected chi connectivity index (χ4v) is 2.77. The molecule has 0 aliphatic carbocycles. The average Bonchev–Trinajstić information content (AvgIpc) is 3.06. The Morgan fingerprint density at radius 2 is 2.25 bits per heavy atom. The minimum Gasteiger partial charge on any atom is -0.472 e. The largest absolute Gasteiger partial charge is 0.472 e. The van der Waals surface area contributed by atoms with E-state index >= 15 is 0 Å². The molecule has 2 aromatic rings. The Kier molecular flexibility index (Phi) is 5.41. The predicted molar refractivity (Wildman–Crippen MR) is 81.6 cm³/mol. The number of furan rings is 1. The van der Waals surface area contributed by atoms with Crippen LogP contribution >= 0.6 is 11.3 Å². The number of carbonyl (C=O) groups is 1. The van der Waals surface area contributed by atoms with Crippen LogP contribution in [0.4, 0.5) is 0 Å². The van der Waals surface area contributed by atoms with Crippen molar-refractivity contribution in [3.8, 4) is 0 Å². The van der Waals surface area contributed by atoms with Crippen LogP contribution in [0.3, 0.4) is 0 Å². The highest BCUT2D eigenvalue weighted by Crippen LogP contribution is 2.14. The lowest BCUT2D eigenvalue weighted by Crippen LogP contribution is -2.33. The summed E-state index contributed by atoms with van der Waals surface area (Å²) in [6.07, 6.45) is 4.88. The van der Waals surface area contributed by atoms with E-state index in [1.165, 1.54) is 4.88 Å². The molecule has 1 amide bonds. The molecule has 108 valence electrons. The summed E-state index contributed by atoms with van der Waals surface area (Å²) in [5.74, 6) is 0.605. The van der Waals surface area contributed by atoms with Crippen LogP contribution in [0.2, 0.25) is 0 Å². The smallest absolute Gasteiger partial charge is 0.223 e. The fraction of sp³-hybridized carbons (Fsp3) is 0.438. The van der Waals surface area contributed by atoms with Crippen molar-refractivity contribution >= 4 is 17.2 Å². The van der Waals surface area contributed by atoms with Crippen molar-refractivity contribution in [3.63, 3.8) is 0 Å². The minimum atomic E-state index is 0.220. The molecule has 20 heavy (non-hydrogen) atoms. The zero-order valence-corrected chi connectivity index (χ0v) is 12.9. The Morgan fingerprint density at radius 1 is 1.40 bits per heavy atom. The van der Waals surface area contributed by atoms with Crippen molar-refractivity contribution in [2.24, 2.45) is 5.92 Å². The minimum absolute atomic E-state index is 0.220. The molecule has 0 spiro atoms. The summed E-state index contributed by atoms with van der Waals surface area (Å²) in [6, 6.07) is 6.09. The van der Waals surface area contributed by atoms with Gasteiger partial charge in [0, 0.05) is 30.0 Å². The molecule has 0 atom stereocenters. The van der Waals surface area contributed by atoms with Gasteiger partial charge < -0.3 is 9.32 Å². The number of amides is 1. The first-order valence-electron chi connectivity index (χ1n) is 6.96. The van der Waals surface area contributed by atoms with Crippen LogP contribution in [0.5, 0.6) is 0 Å². The first kappa shape index (κ1) is 14.9. The van der Waals surface area contributed by atoms with E-state index in [4.69, 9.17) is 4.42 Å². The van der Waals surface area contributed by atoms with E-state index in [1.807, 2.05) is 11.0 Å². The Bertz CT molecular complexity index is 503. The van der Waals surface area contributed by atoms with E-state index in [9.17, 15) is 4.79 Å². The van der Waals surface area contributed by atoms with Crippen molar-refractivity contribution in [2.75, 3.05) is 6.54 Å². The van der Waals surface area contributed by atoms with Crippen LogP contribution < -0.4 is 0 Å². The highest BCUT2D eigenvalue weighted by Gasteiger charge is 2.16. The van der Waals surface area contributed by atoms with E-state index in [1.54, 1.807) is 23.9 Å². The molecule has 0 aliphatic rings. The number of nitrogens with zero attached hydrogens (tertiary/aromatic N) is 1. The summed E-state index contributed by atoms with van der Waals surface area (Å²) in [6.45, 7) is 5.55. The number of hydrogen-bond donors (Lipinski definition) is 0. The lowest BCUT2D eigenvalue weighted by atomic mass is 10.1. The normalized spacial score (nSPS) is 10.9. The lowest BCUT2D eigenvalue weighted by molar-refractivity contribution is -0.132. The van der Waals surface area contributed by atoms with Gasteiger partial charge in [-0.1, -0.05) is 19.9 Å². The molecule has 0 N–H and O–H groups in total. The number of thiophene rings is 1. The van der Waals surface area contributed by atoms with E-state index in [0.717, 1.165) is 18.5 Å². The first-order valence-corrected chi connectivity index (χ1v) is 7.84. The summed E-state index contributed by atoms with van der Waals surface area (Å²) < 4.78 is 5.09. The van der Waals surface area contributed by atoms with E-state index in [0.29, 0.717) is 18.9 Å². The zero-order valence-electron chi connectivity index (χ0n) is 12.0. The molecule has 0 saturated carbocycles. The highest BCUT2D eigenvalue weighted by atomic mass is 32.1. The topological polar surface area (TPSA) is 33.5 Å². The summed E-state index contributed by atoms with van der Waals surface area (Å²) in [7, 11) is 0. The van der Waals surface area contributed by atoms with Crippen molar-refractivity contribution in [2.45, 2.75) is 33.2 Å². The number of rotatable bonds is 7. The second-order valence-corrected chi connectivity index (χ2v) is 6.41. The van der Waals surface area contributed by atoms with Crippen molar-refractivity contribution in [3.05, 3.63) is 46.5 Å². The maximum Gasteiger partial charge on any atom is 0.223 e. The Balaban J connectivity index is 1.97. The maximum absolute atomic E-state index is 12.3. The molecule has 0 saturated heterocycles. The van der Waals surface area contributed by atoms with Gasteiger partial charge in [0.15, 0.2) is 0 Å². The Hall–Kier alpha value is -1.55. The van der Waals surface area contributed by atoms with Crippen molar-refractivity contribution < 1.29 is 9.21 Å². The van der Waals surface area contributed by atoms with E-state index in [2.05, 4.69) is 31.4 Å². The van der Waals surface area contributed by atoms with Gasteiger partial charge in [-0.15, -0.1) is 11.3 Å². The summed E-state index contributed by atoms with van der Waals surface area (Å²) in [5, 5.41) is 2.08. The van der Waals surface area contributed by atoms with Gasteiger partial charge in [-0.2, -0.15) is 0 Å². The Morgan fingerprint density at radius 3 is 2.85 bits per heavy atom. The number of carbonyl (C=O) groups excluding carboxylic acids is 1. The van der Waals surface area contributed by atoms with Gasteiger partial charge in [0.1, 0.15) is 0 Å². The molecule has 0 bridgehead atoms. The fourth-order valence-electron chi connectivity index (χ4n) is 2.07. The average molecular weight is 291 g/mol. The third-order valence-corrected chi connectivity index (χ3v) is 4.03. The molecule has 0 aromatic carbocycles. The lowest BCUT2D eigenvalue weighted by Gasteiger charge is -2.23. The molecular weight excluding hydrogens is 270 g/mol. The number of hydrogen-bond acceptors (Lipinski definition) is 3. The molecule has 2 aromatic heterocycles. The third-order valence-electron chi connectivity index (χ3n) is 3.10. The molecule has 0 aliphatic heterocycles. The quantitative estimate of drug-likeness (QED) is 0.773. The third kappa shape index (κ3) is 4.53. The monoisotopic (exact) mass is 291 g/mol. The van der Waals surface area contributed by atoms with Crippen molar-refractivity contribution in [1.82, 2.24) is 4.90 Å². The van der Waals surface area contributed by atoms with E-state index in [-0.39, 0.29) is 5.91 Å². The molecule has 0 fully saturated rings. The standard InChI is InChI=1S/C16H21NO2S/c1-13(2)10-16(18)17(11-14-6-8-19-12-14)7-5-15-4-3-9-20-15/h3-4,6,8-9,12-13H,5,7,10-11H2,1-2H3. The van der Waals surface area contributed by atoms with Crippen LogP contribution in [0.15, 0.2) is 40.5 Å². The van der Waals surface area contributed by atoms with Gasteiger partial charge >= 0.3 is 0 Å². The van der Waals surface area contributed by atoms with Gasteiger partial charge in [-0.25, -0.2) is 0 Å². The summed E-state index contributed by atoms with van der Waals surface area (Å²) >= 11 is 1.74. The van der Waals surface area contributed by atoms with Crippen LogP contribution in [0, 0.1) is 5.92 Å². The molecule has 4 heteroatoms. The van der Waals surface area contributed by atoms with Crippen molar-refractivity contribution in [1.29, 1.82) is 0 Å². The molecule has 2 heterocycles. The zero-order chi connectivity index (χ0) is 14.4. The maximum atomic E-state index is 12.3. The summed E-state index contributed by atoms with van der Waals surface area (Å²) in [5.41, 5.74) is 1.05. The van der Waals surface area contributed by atoms with Gasteiger partial charge in [0.2, 0.25) is 5.91 Å². The molecule has 2 rings (SSSR count). The van der Waals surface area contributed by atoms with Gasteiger partial charge in [0.25, 0.3) is 0 Å². The van der Waals surface area contributed by atoms with Crippen LogP contribution in [0.25, 0.3) is 0 Å². The van der Waals surface area contributed by atoms with Crippen LogP contribution in [-0.4, -0.2) is 17.4 Å². The second-order valence-electron chi connectivity index (χ2n) is 5.37. The Labute approximate surface area is 124 Å². The van der Waals surface area contributed by atoms with Crippen LogP contribution in [-0.2, 0) is 17.8 Å². The second kappa shape index (κ2) is 7.29. The van der Waals surface area contributed by atoms with Gasteiger partial charge in [-0.3, -0.25) is 4.79 Å². The molecule has 0 unspecified atom stereocenters. The molecule has 0 radical (unpaired) electrons. The summed E-state index contributed by atoms with van der Waals surface area (Å²) in [4.78, 5) is 15.6. The molecule has 3 nitrogen and oxygen atoms in total.